The number of hydrogen-bond acceptors (Lipinski definition) is 4. The van der Waals surface area contributed by atoms with Gasteiger partial charge in [0.2, 0.25) is 11.2 Å². The first-order chi connectivity index (χ1) is 15.9. The molecule has 4 aromatic rings. The van der Waals surface area contributed by atoms with Crippen LogP contribution in [0.15, 0.2) is 75.9 Å². The molecule has 0 fully saturated rings. The van der Waals surface area contributed by atoms with E-state index in [0.29, 0.717) is 34.4 Å². The van der Waals surface area contributed by atoms with E-state index in [0.717, 1.165) is 16.7 Å². The van der Waals surface area contributed by atoms with Crippen LogP contribution < -0.4 is 15.5 Å². The van der Waals surface area contributed by atoms with E-state index in [2.05, 4.69) is 5.32 Å². The van der Waals surface area contributed by atoms with Gasteiger partial charge in [-0.2, -0.15) is 0 Å². The lowest BCUT2D eigenvalue weighted by Gasteiger charge is -2.19. The molecule has 5 heteroatoms. The minimum Gasteiger partial charge on any atom is -0.473 e. The summed E-state index contributed by atoms with van der Waals surface area (Å²) in [5.41, 5.74) is 4.77. The molecule has 33 heavy (non-hydrogen) atoms. The van der Waals surface area contributed by atoms with Crippen LogP contribution in [0.4, 0.5) is 5.69 Å². The van der Waals surface area contributed by atoms with Gasteiger partial charge >= 0.3 is 0 Å². The summed E-state index contributed by atoms with van der Waals surface area (Å²) in [5, 5.41) is 3.33. The van der Waals surface area contributed by atoms with Gasteiger partial charge in [-0.05, 0) is 62.6 Å². The molecule has 0 aliphatic heterocycles. The zero-order valence-corrected chi connectivity index (χ0v) is 19.3. The highest BCUT2D eigenvalue weighted by Crippen LogP contribution is 2.32. The van der Waals surface area contributed by atoms with Crippen molar-refractivity contribution in [1.29, 1.82) is 0 Å². The fourth-order valence-corrected chi connectivity index (χ4v) is 3.86. The summed E-state index contributed by atoms with van der Waals surface area (Å²) in [5.74, 6) is 0.0428. The smallest absolute Gasteiger partial charge is 0.265 e. The van der Waals surface area contributed by atoms with Crippen LogP contribution in [-0.4, -0.2) is 12.0 Å². The van der Waals surface area contributed by atoms with Crippen molar-refractivity contribution in [3.05, 3.63) is 93.6 Å². The summed E-state index contributed by atoms with van der Waals surface area (Å²) >= 11 is 0. The number of hydrogen-bond donors (Lipinski definition) is 1. The van der Waals surface area contributed by atoms with E-state index >= 15 is 0 Å². The predicted octanol–water partition coefficient (Wildman–Crippen LogP) is 6.18. The van der Waals surface area contributed by atoms with Crippen LogP contribution in [0.3, 0.4) is 0 Å². The van der Waals surface area contributed by atoms with Gasteiger partial charge in [0.15, 0.2) is 11.9 Å². The molecule has 0 aliphatic rings. The molecule has 168 valence electrons. The van der Waals surface area contributed by atoms with Gasteiger partial charge in [-0.25, -0.2) is 0 Å². The van der Waals surface area contributed by atoms with Crippen molar-refractivity contribution in [1.82, 2.24) is 0 Å². The van der Waals surface area contributed by atoms with E-state index in [-0.39, 0.29) is 17.1 Å². The van der Waals surface area contributed by atoms with Gasteiger partial charge in [0.25, 0.3) is 5.91 Å². The molecule has 5 nitrogen and oxygen atoms in total. The predicted molar refractivity (Wildman–Crippen MR) is 132 cm³/mol. The first-order valence-corrected chi connectivity index (χ1v) is 11.0. The molecule has 0 saturated carbocycles. The third-order valence-corrected chi connectivity index (χ3v) is 5.48. The average Bonchev–Trinajstić information content (AvgIpc) is 2.78. The number of fused-ring (bicyclic) bond motifs is 1. The lowest BCUT2D eigenvalue weighted by molar-refractivity contribution is -0.122. The number of ether oxygens (including phenoxy) is 1. The summed E-state index contributed by atoms with van der Waals surface area (Å²) in [6.45, 7) is 7.79. The second-order valence-electron chi connectivity index (χ2n) is 8.33. The van der Waals surface area contributed by atoms with E-state index in [1.54, 1.807) is 18.2 Å². The number of anilines is 1. The first-order valence-electron chi connectivity index (χ1n) is 11.0. The lowest BCUT2D eigenvalue weighted by Crippen LogP contribution is -2.34. The molecule has 3 aromatic carbocycles. The molecular weight excluding hydrogens is 414 g/mol. The number of amides is 1. The Morgan fingerprint density at radius 1 is 0.939 bits per heavy atom. The molecule has 0 spiro atoms. The highest BCUT2D eigenvalue weighted by Gasteiger charge is 2.25. The summed E-state index contributed by atoms with van der Waals surface area (Å²) in [7, 11) is 0. The molecule has 1 unspecified atom stereocenters. The van der Waals surface area contributed by atoms with Gasteiger partial charge in [-0.3, -0.25) is 9.59 Å². The SMILES string of the molecule is CCC(Oc1c(-c2ccc(C)cc2)oc2ccccc2c1=O)C(=O)Nc1cc(C)cc(C)c1. The van der Waals surface area contributed by atoms with Gasteiger partial charge in [-0.15, -0.1) is 0 Å². The third-order valence-electron chi connectivity index (χ3n) is 5.48. The molecular formula is C28H27NO4. The van der Waals surface area contributed by atoms with Crippen LogP contribution in [0.1, 0.15) is 30.0 Å². The van der Waals surface area contributed by atoms with Crippen LogP contribution in [0.25, 0.3) is 22.3 Å². The van der Waals surface area contributed by atoms with Crippen molar-refractivity contribution in [3.63, 3.8) is 0 Å². The zero-order chi connectivity index (χ0) is 23.5. The van der Waals surface area contributed by atoms with E-state index in [1.807, 2.05) is 76.2 Å². The molecule has 0 radical (unpaired) electrons. The highest BCUT2D eigenvalue weighted by molar-refractivity contribution is 5.94. The molecule has 1 atom stereocenters. The van der Waals surface area contributed by atoms with Gasteiger partial charge in [0.1, 0.15) is 5.58 Å². The number of para-hydroxylation sites is 1. The Hall–Kier alpha value is -3.86. The lowest BCUT2D eigenvalue weighted by atomic mass is 10.1. The normalized spacial score (nSPS) is 11.9. The number of nitrogens with one attached hydrogen (secondary N) is 1. The second-order valence-corrected chi connectivity index (χ2v) is 8.33. The minimum atomic E-state index is -0.862. The fourth-order valence-electron chi connectivity index (χ4n) is 3.86. The van der Waals surface area contributed by atoms with E-state index < -0.39 is 6.10 Å². The molecule has 0 bridgehead atoms. The van der Waals surface area contributed by atoms with Crippen LogP contribution in [0, 0.1) is 20.8 Å². The largest absolute Gasteiger partial charge is 0.473 e. The standard InChI is InChI=1S/C28H27NO4/c1-5-23(28(31)29-21-15-18(3)14-19(4)16-21)32-27-25(30)22-8-6-7-9-24(22)33-26(27)20-12-10-17(2)11-13-20/h6-16,23H,5H2,1-4H3,(H,29,31). The third kappa shape index (κ3) is 4.82. The molecule has 0 saturated heterocycles. The Bertz CT molecular complexity index is 1350. The molecule has 1 aromatic heterocycles. The Kier molecular flexibility index (Phi) is 6.31. The Morgan fingerprint density at radius 3 is 2.27 bits per heavy atom. The van der Waals surface area contributed by atoms with Gasteiger partial charge in [-0.1, -0.05) is 55.0 Å². The number of carbonyl (C=O) groups is 1. The van der Waals surface area contributed by atoms with Crippen LogP contribution in [0.2, 0.25) is 0 Å². The minimum absolute atomic E-state index is 0.0416. The van der Waals surface area contributed by atoms with Crippen molar-refractivity contribution < 1.29 is 13.9 Å². The van der Waals surface area contributed by atoms with Crippen molar-refractivity contribution in [2.24, 2.45) is 0 Å². The Balaban J connectivity index is 1.74. The van der Waals surface area contributed by atoms with Crippen molar-refractivity contribution >= 4 is 22.6 Å². The van der Waals surface area contributed by atoms with Crippen molar-refractivity contribution in [2.75, 3.05) is 5.32 Å². The van der Waals surface area contributed by atoms with E-state index in [1.165, 1.54) is 0 Å². The average molecular weight is 442 g/mol. The molecule has 1 heterocycles. The van der Waals surface area contributed by atoms with Crippen molar-refractivity contribution in [2.45, 2.75) is 40.2 Å². The maximum atomic E-state index is 13.4. The molecule has 4 rings (SSSR count). The summed E-state index contributed by atoms with van der Waals surface area (Å²) in [4.78, 5) is 26.5. The summed E-state index contributed by atoms with van der Waals surface area (Å²) < 4.78 is 12.2. The second kappa shape index (κ2) is 9.33. The van der Waals surface area contributed by atoms with Crippen molar-refractivity contribution in [3.8, 4) is 17.1 Å². The first kappa shape index (κ1) is 22.3. The fraction of sp³-hybridized carbons (Fsp3) is 0.214. The highest BCUT2D eigenvalue weighted by atomic mass is 16.5. The quantitative estimate of drug-likeness (QED) is 0.388. The van der Waals surface area contributed by atoms with Gasteiger partial charge < -0.3 is 14.5 Å². The zero-order valence-electron chi connectivity index (χ0n) is 19.3. The number of rotatable bonds is 6. The molecule has 1 N–H and O–H groups in total. The Morgan fingerprint density at radius 2 is 1.61 bits per heavy atom. The van der Waals surface area contributed by atoms with Crippen LogP contribution >= 0.6 is 0 Å². The topological polar surface area (TPSA) is 68.5 Å². The van der Waals surface area contributed by atoms with E-state index in [4.69, 9.17) is 9.15 Å². The number of benzene rings is 3. The Labute approximate surface area is 193 Å². The van der Waals surface area contributed by atoms with Crippen LogP contribution in [0.5, 0.6) is 5.75 Å². The van der Waals surface area contributed by atoms with Crippen LogP contribution in [-0.2, 0) is 4.79 Å². The summed E-state index contributed by atoms with van der Waals surface area (Å²) in [6, 6.07) is 20.5. The number of aryl methyl sites for hydroxylation is 3. The summed E-state index contributed by atoms with van der Waals surface area (Å²) in [6.07, 6.45) is -0.477. The number of carbonyl (C=O) groups excluding carboxylic acids is 1. The van der Waals surface area contributed by atoms with E-state index in [9.17, 15) is 9.59 Å². The van der Waals surface area contributed by atoms with Gasteiger partial charge in [0.05, 0.1) is 5.39 Å². The van der Waals surface area contributed by atoms with Gasteiger partial charge in [0, 0.05) is 11.3 Å². The molecule has 1 amide bonds. The molecule has 0 aliphatic carbocycles. The maximum absolute atomic E-state index is 13.4. The monoisotopic (exact) mass is 441 g/mol. The maximum Gasteiger partial charge on any atom is 0.265 e.